The van der Waals surface area contributed by atoms with E-state index in [9.17, 15) is 0 Å². The first-order valence-electron chi connectivity index (χ1n) is 6.84. The first kappa shape index (κ1) is 11.4. The summed E-state index contributed by atoms with van der Waals surface area (Å²) in [6, 6.07) is 10.9. The minimum Gasteiger partial charge on any atom is -0.346 e. The van der Waals surface area contributed by atoms with Gasteiger partial charge in [0.2, 0.25) is 5.13 Å². The monoisotopic (exact) mass is 271 g/mol. The Kier molecular flexibility index (Phi) is 2.42. The van der Waals surface area contributed by atoms with Crippen LogP contribution in [-0.4, -0.2) is 22.4 Å². The van der Waals surface area contributed by atoms with E-state index in [1.54, 1.807) is 0 Å². The third-order valence-electron chi connectivity index (χ3n) is 4.47. The summed E-state index contributed by atoms with van der Waals surface area (Å²) < 4.78 is 4.26. The molecule has 1 saturated carbocycles. The van der Waals surface area contributed by atoms with Gasteiger partial charge in [0.05, 0.1) is 0 Å². The topological polar surface area (TPSA) is 29.0 Å². The molecule has 1 saturated heterocycles. The lowest BCUT2D eigenvalue weighted by Crippen LogP contribution is -2.61. The molecule has 0 bridgehead atoms. The number of aromatic nitrogens is 2. The van der Waals surface area contributed by atoms with Crippen LogP contribution in [-0.2, 0) is 0 Å². The number of aryl methyl sites for hydroxylation is 1. The van der Waals surface area contributed by atoms with Gasteiger partial charge in [0, 0.05) is 30.0 Å². The molecule has 2 aliphatic rings. The van der Waals surface area contributed by atoms with Crippen molar-refractivity contribution in [2.24, 2.45) is 5.41 Å². The lowest BCUT2D eigenvalue weighted by Gasteiger charge is -2.59. The highest BCUT2D eigenvalue weighted by Crippen LogP contribution is 2.56. The molecule has 2 aromatic rings. The quantitative estimate of drug-likeness (QED) is 0.839. The fourth-order valence-corrected chi connectivity index (χ4v) is 4.19. The van der Waals surface area contributed by atoms with Crippen LogP contribution in [0.5, 0.6) is 0 Å². The maximum absolute atomic E-state index is 4.47. The number of hydrogen-bond donors (Lipinski definition) is 0. The Labute approximate surface area is 117 Å². The van der Waals surface area contributed by atoms with Gasteiger partial charge in [0.25, 0.3) is 0 Å². The Morgan fingerprint density at radius 3 is 2.58 bits per heavy atom. The maximum Gasteiger partial charge on any atom is 0.205 e. The molecular weight excluding hydrogens is 254 g/mol. The maximum atomic E-state index is 4.47. The summed E-state index contributed by atoms with van der Waals surface area (Å²) in [6.07, 6.45) is 2.68. The van der Waals surface area contributed by atoms with Crippen molar-refractivity contribution in [1.29, 1.82) is 0 Å². The van der Waals surface area contributed by atoms with Crippen molar-refractivity contribution in [3.8, 4) is 0 Å². The van der Waals surface area contributed by atoms with Gasteiger partial charge in [-0.25, -0.2) is 4.98 Å². The van der Waals surface area contributed by atoms with E-state index < -0.39 is 0 Å². The molecule has 0 N–H and O–H groups in total. The van der Waals surface area contributed by atoms with Crippen molar-refractivity contribution in [1.82, 2.24) is 9.36 Å². The van der Waals surface area contributed by atoms with Crippen molar-refractivity contribution in [2.75, 3.05) is 18.0 Å². The molecule has 0 radical (unpaired) electrons. The molecule has 1 aliphatic carbocycles. The summed E-state index contributed by atoms with van der Waals surface area (Å²) in [5, 5.41) is 1.10. The average Bonchev–Trinajstić information content (AvgIpc) is 2.74. The highest BCUT2D eigenvalue weighted by molar-refractivity contribution is 7.09. The van der Waals surface area contributed by atoms with E-state index in [2.05, 4.69) is 44.6 Å². The number of hydrogen-bond acceptors (Lipinski definition) is 4. The molecule has 19 heavy (non-hydrogen) atoms. The zero-order valence-electron chi connectivity index (χ0n) is 11.0. The molecule has 1 aromatic heterocycles. The molecule has 2 heterocycles. The SMILES string of the molecule is Cc1nsc(N2CC3(CC(c4ccccc4)C3)C2)n1. The summed E-state index contributed by atoms with van der Waals surface area (Å²) in [4.78, 5) is 6.85. The predicted molar refractivity (Wildman–Crippen MR) is 77.7 cm³/mol. The molecule has 1 spiro atoms. The highest BCUT2D eigenvalue weighted by atomic mass is 32.1. The number of anilines is 1. The van der Waals surface area contributed by atoms with Crippen LogP contribution < -0.4 is 4.90 Å². The molecule has 2 fully saturated rings. The van der Waals surface area contributed by atoms with Crippen LogP contribution in [0.2, 0.25) is 0 Å². The summed E-state index contributed by atoms with van der Waals surface area (Å²) in [6.45, 7) is 4.31. The van der Waals surface area contributed by atoms with Gasteiger partial charge >= 0.3 is 0 Å². The van der Waals surface area contributed by atoms with Gasteiger partial charge in [-0.15, -0.1) is 0 Å². The average molecular weight is 271 g/mol. The molecule has 1 aliphatic heterocycles. The lowest BCUT2D eigenvalue weighted by atomic mass is 9.56. The van der Waals surface area contributed by atoms with E-state index in [1.807, 2.05) is 6.92 Å². The smallest absolute Gasteiger partial charge is 0.205 e. The number of benzene rings is 1. The van der Waals surface area contributed by atoms with E-state index in [0.29, 0.717) is 5.41 Å². The number of nitrogens with zero attached hydrogens (tertiary/aromatic N) is 3. The third kappa shape index (κ3) is 1.86. The van der Waals surface area contributed by atoms with E-state index in [-0.39, 0.29) is 0 Å². The summed E-state index contributed by atoms with van der Waals surface area (Å²) >= 11 is 1.53. The molecule has 3 nitrogen and oxygen atoms in total. The van der Waals surface area contributed by atoms with Crippen molar-refractivity contribution in [3.05, 3.63) is 41.7 Å². The fraction of sp³-hybridized carbons (Fsp3) is 0.467. The van der Waals surface area contributed by atoms with Crippen LogP contribution in [0.3, 0.4) is 0 Å². The second-order valence-corrected chi connectivity index (χ2v) is 6.73. The van der Waals surface area contributed by atoms with Crippen LogP contribution in [0.4, 0.5) is 5.13 Å². The molecular formula is C15H17N3S. The number of rotatable bonds is 2. The summed E-state index contributed by atoms with van der Waals surface area (Å²) in [5.41, 5.74) is 2.08. The second kappa shape index (κ2) is 4.04. The van der Waals surface area contributed by atoms with Gasteiger partial charge in [0.15, 0.2) is 0 Å². The zero-order chi connectivity index (χ0) is 12.9. The molecule has 0 atom stereocenters. The van der Waals surface area contributed by atoms with E-state index in [0.717, 1.165) is 16.9 Å². The minimum absolute atomic E-state index is 0.570. The zero-order valence-corrected chi connectivity index (χ0v) is 11.9. The molecule has 1 aromatic carbocycles. The summed E-state index contributed by atoms with van der Waals surface area (Å²) in [5.74, 6) is 1.68. The van der Waals surface area contributed by atoms with Crippen LogP contribution in [0.1, 0.15) is 30.1 Å². The standard InChI is InChI=1S/C15H17N3S/c1-11-16-14(19-17-11)18-9-15(10-18)7-13(8-15)12-5-3-2-4-6-12/h2-6,13H,7-10H2,1H3. The van der Waals surface area contributed by atoms with Gasteiger partial charge in [-0.3, -0.25) is 0 Å². The Hall–Kier alpha value is -1.42. The first-order chi connectivity index (χ1) is 9.24. The van der Waals surface area contributed by atoms with Gasteiger partial charge in [-0.1, -0.05) is 30.3 Å². The Morgan fingerprint density at radius 2 is 1.95 bits per heavy atom. The largest absolute Gasteiger partial charge is 0.346 e. The van der Waals surface area contributed by atoms with Crippen LogP contribution >= 0.6 is 11.5 Å². The highest BCUT2D eigenvalue weighted by Gasteiger charge is 2.53. The van der Waals surface area contributed by atoms with Gasteiger partial charge in [-0.05, 0) is 31.2 Å². The molecule has 4 rings (SSSR count). The predicted octanol–water partition coefficient (Wildman–Crippen LogP) is 3.23. The molecule has 4 heteroatoms. The Bertz CT molecular complexity index is 578. The lowest BCUT2D eigenvalue weighted by molar-refractivity contribution is 0.0633. The van der Waals surface area contributed by atoms with Crippen LogP contribution in [0.15, 0.2) is 30.3 Å². The minimum atomic E-state index is 0.570. The van der Waals surface area contributed by atoms with Crippen molar-refractivity contribution < 1.29 is 0 Å². The normalized spacial score (nSPS) is 21.2. The van der Waals surface area contributed by atoms with Crippen molar-refractivity contribution in [3.63, 3.8) is 0 Å². The van der Waals surface area contributed by atoms with Crippen molar-refractivity contribution >= 4 is 16.7 Å². The van der Waals surface area contributed by atoms with E-state index >= 15 is 0 Å². The molecule has 98 valence electrons. The van der Waals surface area contributed by atoms with Gasteiger partial charge in [0.1, 0.15) is 5.82 Å². The van der Waals surface area contributed by atoms with E-state index in [4.69, 9.17) is 0 Å². The third-order valence-corrected chi connectivity index (χ3v) is 5.34. The van der Waals surface area contributed by atoms with Gasteiger partial charge in [-0.2, -0.15) is 4.37 Å². The first-order valence-corrected chi connectivity index (χ1v) is 7.62. The second-order valence-electron chi connectivity index (χ2n) is 6.00. The van der Waals surface area contributed by atoms with Crippen LogP contribution in [0.25, 0.3) is 0 Å². The summed E-state index contributed by atoms with van der Waals surface area (Å²) in [7, 11) is 0. The fourth-order valence-electron chi connectivity index (χ4n) is 3.52. The van der Waals surface area contributed by atoms with Gasteiger partial charge < -0.3 is 4.90 Å². The Balaban J connectivity index is 1.38. The Morgan fingerprint density at radius 1 is 1.21 bits per heavy atom. The van der Waals surface area contributed by atoms with Crippen LogP contribution in [0, 0.1) is 12.3 Å². The van der Waals surface area contributed by atoms with E-state index in [1.165, 1.54) is 43.0 Å². The molecule has 0 amide bonds. The van der Waals surface area contributed by atoms with Crippen molar-refractivity contribution in [2.45, 2.75) is 25.7 Å². The molecule has 0 unspecified atom stereocenters.